The number of ether oxygens (including phenoxy) is 1. The lowest BCUT2D eigenvalue weighted by Crippen LogP contribution is -2.58. The number of hydrogen-bond acceptors (Lipinski definition) is 4. The van der Waals surface area contributed by atoms with Gasteiger partial charge in [-0.15, -0.1) is 0 Å². The van der Waals surface area contributed by atoms with Gasteiger partial charge in [-0.2, -0.15) is 0 Å². The van der Waals surface area contributed by atoms with Crippen molar-refractivity contribution in [2.45, 2.75) is 50.9 Å². The first-order chi connectivity index (χ1) is 6.27. The van der Waals surface area contributed by atoms with E-state index in [1.807, 2.05) is 0 Å². The van der Waals surface area contributed by atoms with E-state index in [0.29, 0.717) is 5.96 Å². The summed E-state index contributed by atoms with van der Waals surface area (Å²) < 4.78 is 6.03. The van der Waals surface area contributed by atoms with Crippen LogP contribution < -0.4 is 11.1 Å². The molecule has 1 saturated heterocycles. The van der Waals surface area contributed by atoms with Crippen molar-refractivity contribution < 1.29 is 4.74 Å². The molecule has 2 aliphatic heterocycles. The van der Waals surface area contributed by atoms with Gasteiger partial charge in [-0.25, -0.2) is 0 Å². The van der Waals surface area contributed by atoms with Crippen molar-refractivity contribution in [2.75, 3.05) is 6.54 Å². The number of guanidine groups is 1. The molecule has 2 heterocycles. The third-order valence-corrected chi connectivity index (χ3v) is 3.30. The molecule has 0 aromatic carbocycles. The predicted molar refractivity (Wildman–Crippen MR) is 56.2 cm³/mol. The molecular weight excluding hydrogens is 178 g/mol. The van der Waals surface area contributed by atoms with Crippen LogP contribution in [-0.2, 0) is 4.74 Å². The average Bonchev–Trinajstić information content (AvgIpc) is 2.35. The number of nitrogens with one attached hydrogen (secondary N) is 1. The number of aliphatic imine (C=N–C) groups is 1. The van der Waals surface area contributed by atoms with E-state index >= 15 is 0 Å². The van der Waals surface area contributed by atoms with E-state index in [4.69, 9.17) is 10.5 Å². The maximum absolute atomic E-state index is 6.03. The number of rotatable bonds is 0. The molecule has 0 radical (unpaired) electrons. The first kappa shape index (κ1) is 9.77. The van der Waals surface area contributed by atoms with Gasteiger partial charge in [-0.3, -0.25) is 4.99 Å². The van der Waals surface area contributed by atoms with Crippen molar-refractivity contribution in [3.63, 3.8) is 0 Å². The Bertz CT molecular complexity index is 296. The largest absolute Gasteiger partial charge is 0.370 e. The number of nitrogens with two attached hydrogens (primary N) is 1. The number of nitrogens with zero attached hydrogens (tertiary/aromatic N) is 1. The smallest absolute Gasteiger partial charge is 0.189 e. The quantitative estimate of drug-likeness (QED) is 0.598. The lowest BCUT2D eigenvalue weighted by atomic mass is 9.80. The van der Waals surface area contributed by atoms with E-state index in [-0.39, 0.29) is 16.7 Å². The lowest BCUT2D eigenvalue weighted by Gasteiger charge is -2.36. The molecule has 1 atom stereocenters. The monoisotopic (exact) mass is 197 g/mol. The minimum atomic E-state index is -0.221. The maximum Gasteiger partial charge on any atom is 0.189 e. The molecule has 1 spiro atoms. The van der Waals surface area contributed by atoms with E-state index in [1.54, 1.807) is 0 Å². The van der Waals surface area contributed by atoms with Gasteiger partial charge in [0.15, 0.2) is 5.96 Å². The highest BCUT2D eigenvalue weighted by Crippen LogP contribution is 2.46. The summed E-state index contributed by atoms with van der Waals surface area (Å²) in [6.07, 6.45) is 0.942. The van der Waals surface area contributed by atoms with Crippen LogP contribution in [0.4, 0.5) is 0 Å². The van der Waals surface area contributed by atoms with Crippen molar-refractivity contribution in [3.05, 3.63) is 0 Å². The van der Waals surface area contributed by atoms with E-state index in [9.17, 15) is 0 Å². The van der Waals surface area contributed by atoms with Crippen LogP contribution in [0.25, 0.3) is 0 Å². The Kier molecular flexibility index (Phi) is 1.69. The molecule has 0 saturated carbocycles. The van der Waals surface area contributed by atoms with Gasteiger partial charge in [0.2, 0.25) is 0 Å². The Balaban J connectivity index is 2.29. The fourth-order valence-corrected chi connectivity index (χ4v) is 2.75. The van der Waals surface area contributed by atoms with Crippen molar-refractivity contribution in [2.24, 2.45) is 10.7 Å². The Morgan fingerprint density at radius 1 is 1.36 bits per heavy atom. The molecule has 3 N–H and O–H groups in total. The van der Waals surface area contributed by atoms with Crippen molar-refractivity contribution in [1.82, 2.24) is 5.32 Å². The summed E-state index contributed by atoms with van der Waals surface area (Å²) in [7, 11) is 0. The summed E-state index contributed by atoms with van der Waals surface area (Å²) in [6.45, 7) is 9.14. The molecule has 0 aromatic rings. The molecule has 2 rings (SSSR count). The molecular formula is C10H19N3O. The molecule has 0 aliphatic carbocycles. The van der Waals surface area contributed by atoms with Gasteiger partial charge < -0.3 is 15.8 Å². The molecule has 80 valence electrons. The molecule has 0 aromatic heterocycles. The zero-order chi connectivity index (χ0) is 10.6. The Labute approximate surface area is 84.9 Å². The molecule has 4 nitrogen and oxygen atoms in total. The second-order valence-electron chi connectivity index (χ2n) is 5.46. The third kappa shape index (κ3) is 1.21. The average molecular weight is 197 g/mol. The van der Waals surface area contributed by atoms with Crippen LogP contribution >= 0.6 is 0 Å². The van der Waals surface area contributed by atoms with Crippen LogP contribution in [0.1, 0.15) is 34.1 Å². The van der Waals surface area contributed by atoms with Crippen LogP contribution in [0, 0.1) is 0 Å². The van der Waals surface area contributed by atoms with E-state index in [1.165, 1.54) is 0 Å². The molecule has 1 fully saturated rings. The standard InChI is InChI=1S/C10H19N3O/c1-8(2)5-10(9(3,4)14-8)6-12-7(11)13-10/h5-6H2,1-4H3,(H3,11,12,13). The summed E-state index contributed by atoms with van der Waals surface area (Å²) in [5.74, 6) is 0.541. The summed E-state index contributed by atoms with van der Waals surface area (Å²) in [4.78, 5) is 4.24. The molecule has 2 aliphatic rings. The highest BCUT2D eigenvalue weighted by Gasteiger charge is 2.58. The first-order valence-corrected chi connectivity index (χ1v) is 5.05. The fraction of sp³-hybridized carbons (Fsp3) is 0.900. The van der Waals surface area contributed by atoms with Crippen LogP contribution in [0.3, 0.4) is 0 Å². The SMILES string of the molecule is CC1(C)CC2(CN=C(N)N2)C(C)(C)O1. The highest BCUT2D eigenvalue weighted by atomic mass is 16.5. The zero-order valence-electron chi connectivity index (χ0n) is 9.35. The van der Waals surface area contributed by atoms with Gasteiger partial charge in [0.1, 0.15) is 0 Å². The third-order valence-electron chi connectivity index (χ3n) is 3.30. The summed E-state index contributed by atoms with van der Waals surface area (Å²) >= 11 is 0. The van der Waals surface area contributed by atoms with E-state index in [0.717, 1.165) is 13.0 Å². The van der Waals surface area contributed by atoms with E-state index in [2.05, 4.69) is 38.0 Å². The topological polar surface area (TPSA) is 59.6 Å². The Hall–Kier alpha value is -0.770. The zero-order valence-corrected chi connectivity index (χ0v) is 9.35. The summed E-state index contributed by atoms with van der Waals surface area (Å²) in [5.41, 5.74) is 5.25. The molecule has 14 heavy (non-hydrogen) atoms. The van der Waals surface area contributed by atoms with Gasteiger partial charge in [-0.05, 0) is 27.7 Å². The van der Waals surface area contributed by atoms with Crippen LogP contribution in [0.5, 0.6) is 0 Å². The molecule has 0 bridgehead atoms. The van der Waals surface area contributed by atoms with Gasteiger partial charge in [-0.1, -0.05) is 0 Å². The summed E-state index contributed by atoms with van der Waals surface area (Å²) in [5, 5.41) is 3.28. The predicted octanol–water partition coefficient (Wildman–Crippen LogP) is 0.621. The van der Waals surface area contributed by atoms with Gasteiger partial charge in [0.05, 0.1) is 23.3 Å². The van der Waals surface area contributed by atoms with Crippen LogP contribution in [-0.4, -0.2) is 29.2 Å². The first-order valence-electron chi connectivity index (χ1n) is 5.05. The van der Waals surface area contributed by atoms with Crippen molar-refractivity contribution >= 4 is 5.96 Å². The molecule has 1 unspecified atom stereocenters. The highest BCUT2D eigenvalue weighted by molar-refractivity contribution is 5.81. The van der Waals surface area contributed by atoms with E-state index < -0.39 is 0 Å². The minimum absolute atomic E-state index is 0.101. The van der Waals surface area contributed by atoms with Crippen LogP contribution in [0.2, 0.25) is 0 Å². The Morgan fingerprint density at radius 2 is 2.00 bits per heavy atom. The normalized spacial score (nSPS) is 38.4. The van der Waals surface area contributed by atoms with Crippen molar-refractivity contribution in [3.8, 4) is 0 Å². The number of hydrogen-bond donors (Lipinski definition) is 2. The molecule has 0 amide bonds. The van der Waals surface area contributed by atoms with Crippen LogP contribution in [0.15, 0.2) is 4.99 Å². The molecule has 4 heteroatoms. The van der Waals surface area contributed by atoms with Crippen molar-refractivity contribution in [1.29, 1.82) is 0 Å². The fourth-order valence-electron chi connectivity index (χ4n) is 2.75. The van der Waals surface area contributed by atoms with Gasteiger partial charge in [0.25, 0.3) is 0 Å². The second kappa shape index (κ2) is 2.42. The second-order valence-corrected chi connectivity index (χ2v) is 5.46. The Morgan fingerprint density at radius 3 is 2.36 bits per heavy atom. The summed E-state index contributed by atoms with van der Waals surface area (Å²) in [6, 6.07) is 0. The minimum Gasteiger partial charge on any atom is -0.370 e. The van der Waals surface area contributed by atoms with Gasteiger partial charge >= 0.3 is 0 Å². The maximum atomic E-state index is 6.03. The lowest BCUT2D eigenvalue weighted by molar-refractivity contribution is -0.0789. The van der Waals surface area contributed by atoms with Gasteiger partial charge in [0, 0.05) is 6.42 Å².